The Hall–Kier alpha value is -2.87. The predicted octanol–water partition coefficient (Wildman–Crippen LogP) is 2.25. The van der Waals surface area contributed by atoms with E-state index >= 15 is 0 Å². The van der Waals surface area contributed by atoms with Gasteiger partial charge in [-0.1, -0.05) is 0 Å². The van der Waals surface area contributed by atoms with Crippen LogP contribution >= 0.6 is 0 Å². The molecular weight excluding hydrogens is 334 g/mol. The highest BCUT2D eigenvalue weighted by Gasteiger charge is 2.44. The summed E-state index contributed by atoms with van der Waals surface area (Å²) in [6.45, 7) is 3.92. The van der Waals surface area contributed by atoms with Crippen LogP contribution in [0.3, 0.4) is 0 Å². The van der Waals surface area contributed by atoms with Crippen LogP contribution in [0.5, 0.6) is 0 Å². The van der Waals surface area contributed by atoms with E-state index in [-0.39, 0.29) is 0 Å². The summed E-state index contributed by atoms with van der Waals surface area (Å²) in [4.78, 5) is 14.2. The Morgan fingerprint density at radius 1 is 1.35 bits per heavy atom. The van der Waals surface area contributed by atoms with Crippen molar-refractivity contribution in [3.8, 4) is 11.5 Å². The number of furan rings is 1. The van der Waals surface area contributed by atoms with Crippen LogP contribution in [0.1, 0.15) is 24.2 Å². The minimum Gasteiger partial charge on any atom is -0.479 e. The molecule has 0 bridgehead atoms. The fourth-order valence-electron chi connectivity index (χ4n) is 3.49. The van der Waals surface area contributed by atoms with Crippen LogP contribution in [-0.4, -0.2) is 49.0 Å². The number of hydrogen-bond donors (Lipinski definition) is 2. The molecule has 0 atom stereocenters. The fourth-order valence-corrected chi connectivity index (χ4v) is 3.49. The third kappa shape index (κ3) is 2.92. The largest absolute Gasteiger partial charge is 0.479 e. The molecule has 0 amide bonds. The summed E-state index contributed by atoms with van der Waals surface area (Å²) >= 11 is 0. The van der Waals surface area contributed by atoms with Crippen LogP contribution in [-0.2, 0) is 16.9 Å². The van der Waals surface area contributed by atoms with Crippen LogP contribution in [0.15, 0.2) is 41.2 Å². The second-order valence-electron chi connectivity index (χ2n) is 6.81. The van der Waals surface area contributed by atoms with Crippen LogP contribution in [0, 0.1) is 6.92 Å². The molecule has 0 spiro atoms. The van der Waals surface area contributed by atoms with Gasteiger partial charge in [0, 0.05) is 25.5 Å². The Labute approximate surface area is 150 Å². The fraction of sp³-hybridized carbons (Fsp3) is 0.389. The Kier molecular flexibility index (Phi) is 4.12. The summed E-state index contributed by atoms with van der Waals surface area (Å²) in [5, 5.41) is 20.9. The third-order valence-corrected chi connectivity index (χ3v) is 5.04. The maximum atomic E-state index is 12.0. The Morgan fingerprint density at radius 2 is 2.15 bits per heavy atom. The van der Waals surface area contributed by atoms with Gasteiger partial charge in [0.2, 0.25) is 0 Å². The van der Waals surface area contributed by atoms with Crippen molar-refractivity contribution < 1.29 is 14.3 Å². The Morgan fingerprint density at radius 3 is 2.77 bits per heavy atom. The molecule has 4 rings (SSSR count). The number of carboxylic acids is 1. The molecule has 0 saturated carbocycles. The SMILES string of the molecule is Cc1cnn(C2(C(=O)O)CCN(Cc3ccc(-c4ccn[nH]4)o3)CC2)c1. The first-order chi connectivity index (χ1) is 12.6. The van der Waals surface area contributed by atoms with Gasteiger partial charge >= 0.3 is 5.97 Å². The molecule has 4 heterocycles. The predicted molar refractivity (Wildman–Crippen MR) is 93.4 cm³/mol. The molecule has 1 aliphatic rings. The lowest BCUT2D eigenvalue weighted by Crippen LogP contribution is -2.51. The number of carboxylic acid groups (broad SMARTS) is 1. The molecule has 2 N–H and O–H groups in total. The first-order valence-electron chi connectivity index (χ1n) is 8.63. The van der Waals surface area contributed by atoms with E-state index in [1.807, 2.05) is 31.3 Å². The maximum absolute atomic E-state index is 12.0. The van der Waals surface area contributed by atoms with E-state index in [0.29, 0.717) is 32.5 Å². The number of piperidine rings is 1. The molecule has 3 aromatic heterocycles. The molecular formula is C18H21N5O3. The molecule has 1 aliphatic heterocycles. The normalized spacial score (nSPS) is 17.4. The minimum absolute atomic E-state index is 0.511. The van der Waals surface area contributed by atoms with Crippen LogP contribution in [0.4, 0.5) is 0 Å². The van der Waals surface area contributed by atoms with Crippen molar-refractivity contribution in [2.24, 2.45) is 0 Å². The zero-order chi connectivity index (χ0) is 18.1. The minimum atomic E-state index is -0.963. The van der Waals surface area contributed by atoms with E-state index < -0.39 is 11.5 Å². The summed E-state index contributed by atoms with van der Waals surface area (Å²) in [5.74, 6) is 0.786. The van der Waals surface area contributed by atoms with Crippen molar-refractivity contribution in [2.75, 3.05) is 13.1 Å². The number of likely N-dealkylation sites (tertiary alicyclic amines) is 1. The van der Waals surface area contributed by atoms with Gasteiger partial charge in [0.15, 0.2) is 11.3 Å². The van der Waals surface area contributed by atoms with Crippen molar-refractivity contribution in [3.63, 3.8) is 0 Å². The Balaban J connectivity index is 1.44. The zero-order valence-electron chi connectivity index (χ0n) is 14.6. The second-order valence-corrected chi connectivity index (χ2v) is 6.81. The topological polar surface area (TPSA) is 100 Å². The van der Waals surface area contributed by atoms with E-state index in [9.17, 15) is 9.90 Å². The third-order valence-electron chi connectivity index (χ3n) is 5.04. The number of H-pyrrole nitrogens is 1. The number of aryl methyl sites for hydroxylation is 1. The first-order valence-corrected chi connectivity index (χ1v) is 8.63. The summed E-state index contributed by atoms with van der Waals surface area (Å²) in [6, 6.07) is 5.73. The highest BCUT2D eigenvalue weighted by Crippen LogP contribution is 2.31. The van der Waals surface area contributed by atoms with Crippen molar-refractivity contribution in [1.29, 1.82) is 0 Å². The summed E-state index contributed by atoms with van der Waals surface area (Å²) < 4.78 is 7.49. The number of aromatic nitrogens is 4. The van der Waals surface area contributed by atoms with Gasteiger partial charge < -0.3 is 9.52 Å². The second kappa shape index (κ2) is 6.45. The van der Waals surface area contributed by atoms with Gasteiger partial charge in [-0.25, -0.2) is 4.79 Å². The zero-order valence-corrected chi connectivity index (χ0v) is 14.6. The van der Waals surface area contributed by atoms with Crippen molar-refractivity contribution in [1.82, 2.24) is 24.9 Å². The van der Waals surface area contributed by atoms with Crippen molar-refractivity contribution >= 4 is 5.97 Å². The van der Waals surface area contributed by atoms with Crippen molar-refractivity contribution in [3.05, 3.63) is 48.1 Å². The monoisotopic (exact) mass is 355 g/mol. The Bertz CT molecular complexity index is 888. The summed E-state index contributed by atoms with van der Waals surface area (Å²) in [7, 11) is 0. The van der Waals surface area contributed by atoms with Crippen LogP contribution < -0.4 is 0 Å². The van der Waals surface area contributed by atoms with Gasteiger partial charge in [0.25, 0.3) is 0 Å². The standard InChI is InChI=1S/C18H21N5O3/c1-13-10-20-23(11-13)18(17(24)25)5-8-22(9-6-18)12-14-2-3-16(26-14)15-4-7-19-21-15/h2-4,7,10-11H,5-6,8-9,12H2,1H3,(H,19,21)(H,24,25). The first kappa shape index (κ1) is 16.6. The van der Waals surface area contributed by atoms with Crippen LogP contribution in [0.2, 0.25) is 0 Å². The molecule has 8 nitrogen and oxygen atoms in total. The number of nitrogens with one attached hydrogen (secondary N) is 1. The quantitative estimate of drug-likeness (QED) is 0.728. The van der Waals surface area contributed by atoms with Gasteiger partial charge in [-0.15, -0.1) is 0 Å². The lowest BCUT2D eigenvalue weighted by molar-refractivity contribution is -0.151. The number of aromatic amines is 1. The number of carbonyl (C=O) groups is 1. The van der Waals surface area contributed by atoms with Gasteiger partial charge in [0.05, 0.1) is 12.7 Å². The summed E-state index contributed by atoms with van der Waals surface area (Å²) in [6.07, 6.45) is 6.23. The van der Waals surface area contributed by atoms with Crippen LogP contribution in [0.25, 0.3) is 11.5 Å². The molecule has 3 aromatic rings. The van der Waals surface area contributed by atoms with Gasteiger partial charge in [-0.05, 0) is 43.5 Å². The number of rotatable bonds is 5. The average molecular weight is 355 g/mol. The molecule has 0 unspecified atom stereocenters. The van der Waals surface area contributed by atoms with Crippen molar-refractivity contribution in [2.45, 2.75) is 31.8 Å². The molecule has 0 aliphatic carbocycles. The van der Waals surface area contributed by atoms with Gasteiger partial charge in [0.1, 0.15) is 11.5 Å². The highest BCUT2D eigenvalue weighted by molar-refractivity contribution is 5.76. The van der Waals surface area contributed by atoms with Gasteiger partial charge in [-0.2, -0.15) is 10.2 Å². The number of hydrogen-bond acceptors (Lipinski definition) is 5. The molecule has 1 fully saturated rings. The van der Waals surface area contributed by atoms with Gasteiger partial charge in [-0.3, -0.25) is 14.7 Å². The highest BCUT2D eigenvalue weighted by atomic mass is 16.4. The molecule has 26 heavy (non-hydrogen) atoms. The van der Waals surface area contributed by atoms with E-state index in [1.165, 1.54) is 0 Å². The maximum Gasteiger partial charge on any atom is 0.331 e. The lowest BCUT2D eigenvalue weighted by Gasteiger charge is -2.38. The molecule has 136 valence electrons. The average Bonchev–Trinajstić information content (AvgIpc) is 3.36. The molecule has 8 heteroatoms. The molecule has 0 radical (unpaired) electrons. The van der Waals surface area contributed by atoms with E-state index in [4.69, 9.17) is 4.42 Å². The lowest BCUT2D eigenvalue weighted by atomic mass is 9.87. The number of aliphatic carboxylic acids is 1. The number of nitrogens with zero attached hydrogens (tertiary/aromatic N) is 4. The van der Waals surface area contributed by atoms with E-state index in [1.54, 1.807) is 17.1 Å². The van der Waals surface area contributed by atoms with E-state index in [0.717, 1.165) is 22.8 Å². The van der Waals surface area contributed by atoms with E-state index in [2.05, 4.69) is 20.2 Å². The molecule has 0 aromatic carbocycles. The summed E-state index contributed by atoms with van der Waals surface area (Å²) in [5.41, 5.74) is 0.846. The molecule has 1 saturated heterocycles. The smallest absolute Gasteiger partial charge is 0.331 e.